The van der Waals surface area contributed by atoms with Crippen molar-refractivity contribution >= 4 is 11.6 Å². The van der Waals surface area contributed by atoms with E-state index in [0.29, 0.717) is 28.2 Å². The van der Waals surface area contributed by atoms with Crippen LogP contribution in [-0.4, -0.2) is 11.6 Å². The van der Waals surface area contributed by atoms with Gasteiger partial charge in [0, 0.05) is 22.3 Å². The molecule has 2 aliphatic rings. The van der Waals surface area contributed by atoms with Gasteiger partial charge in [0.05, 0.1) is 0 Å². The Morgan fingerprint density at radius 2 is 1.42 bits per heavy atom. The summed E-state index contributed by atoms with van der Waals surface area (Å²) in [5.74, 6) is 1.37. The molecule has 1 fully saturated rings. The van der Waals surface area contributed by atoms with Gasteiger partial charge in [0.15, 0.2) is 11.6 Å². The summed E-state index contributed by atoms with van der Waals surface area (Å²) >= 11 is 0. The van der Waals surface area contributed by atoms with E-state index in [1.165, 1.54) is 44.1 Å². The number of carbonyl (C=O) groups is 2. The molecule has 0 N–H and O–H groups in total. The first-order valence-electron chi connectivity index (χ1n) is 9.92. The van der Waals surface area contributed by atoms with Gasteiger partial charge in [-0.3, -0.25) is 9.59 Å². The fourth-order valence-corrected chi connectivity index (χ4v) is 4.73. The van der Waals surface area contributed by atoms with Crippen LogP contribution in [0.4, 0.5) is 0 Å². The molecular weight excluding hydrogens is 320 g/mol. The van der Waals surface area contributed by atoms with Crippen molar-refractivity contribution in [2.45, 2.75) is 58.3 Å². The van der Waals surface area contributed by atoms with Crippen molar-refractivity contribution in [3.63, 3.8) is 0 Å². The van der Waals surface area contributed by atoms with Gasteiger partial charge >= 0.3 is 0 Å². The van der Waals surface area contributed by atoms with E-state index in [1.54, 1.807) is 6.07 Å². The predicted molar refractivity (Wildman–Crippen MR) is 104 cm³/mol. The predicted octanol–water partition coefficient (Wildman–Crippen LogP) is 5.84. The number of carbonyl (C=O) groups excluding carboxylic acids is 2. The molecule has 2 heteroatoms. The Hall–Kier alpha value is -2.22. The van der Waals surface area contributed by atoms with Gasteiger partial charge in [-0.15, -0.1) is 0 Å². The Bertz CT molecular complexity index is 870. The molecule has 2 aromatic carbocycles. The van der Waals surface area contributed by atoms with Crippen molar-refractivity contribution in [1.82, 2.24) is 0 Å². The second kappa shape index (κ2) is 6.83. The quantitative estimate of drug-likeness (QED) is 0.596. The van der Waals surface area contributed by atoms with Crippen molar-refractivity contribution in [2.24, 2.45) is 5.92 Å². The first-order valence-corrected chi connectivity index (χ1v) is 9.92. The fourth-order valence-electron chi connectivity index (χ4n) is 4.73. The molecule has 0 heterocycles. The number of hydrogen-bond donors (Lipinski definition) is 0. The van der Waals surface area contributed by atoms with Gasteiger partial charge in [-0.2, -0.15) is 0 Å². The van der Waals surface area contributed by atoms with Gasteiger partial charge in [0.1, 0.15) is 0 Å². The summed E-state index contributed by atoms with van der Waals surface area (Å²) in [6.45, 7) is 4.21. The van der Waals surface area contributed by atoms with Crippen LogP contribution in [0.25, 0.3) is 0 Å². The van der Waals surface area contributed by atoms with Crippen LogP contribution < -0.4 is 0 Å². The summed E-state index contributed by atoms with van der Waals surface area (Å²) in [6.07, 6.45) is 7.56. The molecule has 0 atom stereocenters. The van der Waals surface area contributed by atoms with Gasteiger partial charge in [-0.05, 0) is 62.1 Å². The van der Waals surface area contributed by atoms with E-state index in [9.17, 15) is 9.59 Å². The molecule has 0 amide bonds. The third-order valence-electron chi connectivity index (χ3n) is 6.21. The molecular formula is C24H26O2. The molecule has 4 rings (SSSR count). The minimum atomic E-state index is -0.0171. The monoisotopic (exact) mass is 346 g/mol. The van der Waals surface area contributed by atoms with E-state index in [-0.39, 0.29) is 11.6 Å². The smallest absolute Gasteiger partial charge is 0.194 e. The van der Waals surface area contributed by atoms with Crippen LogP contribution >= 0.6 is 0 Å². The Morgan fingerprint density at radius 3 is 2.08 bits per heavy atom. The maximum atomic E-state index is 13.0. The molecule has 0 aliphatic heterocycles. The largest absolute Gasteiger partial charge is 0.289 e. The molecule has 2 aromatic rings. The van der Waals surface area contributed by atoms with Gasteiger partial charge in [0.2, 0.25) is 0 Å². The summed E-state index contributed by atoms with van der Waals surface area (Å²) in [5, 5.41) is 0. The average Bonchev–Trinajstić information content (AvgIpc) is 2.66. The van der Waals surface area contributed by atoms with E-state index < -0.39 is 0 Å². The van der Waals surface area contributed by atoms with Gasteiger partial charge < -0.3 is 0 Å². The van der Waals surface area contributed by atoms with Crippen molar-refractivity contribution in [1.29, 1.82) is 0 Å². The number of hydrogen-bond acceptors (Lipinski definition) is 2. The second-order valence-corrected chi connectivity index (χ2v) is 8.02. The molecule has 0 unspecified atom stereocenters. The Kier molecular flexibility index (Phi) is 4.52. The van der Waals surface area contributed by atoms with Crippen LogP contribution in [0.3, 0.4) is 0 Å². The highest BCUT2D eigenvalue weighted by molar-refractivity contribution is 6.28. The fraction of sp³-hybridized carbons (Fsp3) is 0.417. The minimum absolute atomic E-state index is 0.00359. The van der Waals surface area contributed by atoms with Crippen molar-refractivity contribution < 1.29 is 9.59 Å². The first kappa shape index (κ1) is 17.2. The van der Waals surface area contributed by atoms with E-state index >= 15 is 0 Å². The maximum Gasteiger partial charge on any atom is 0.194 e. The number of fused-ring (bicyclic) bond motifs is 2. The van der Waals surface area contributed by atoms with Gasteiger partial charge in [-0.25, -0.2) is 0 Å². The van der Waals surface area contributed by atoms with Crippen LogP contribution in [0, 0.1) is 12.8 Å². The first-order chi connectivity index (χ1) is 12.6. The summed E-state index contributed by atoms with van der Waals surface area (Å²) in [6, 6.07) is 11.5. The summed E-state index contributed by atoms with van der Waals surface area (Å²) in [4.78, 5) is 25.8. The highest BCUT2D eigenvalue weighted by atomic mass is 16.1. The number of ketones is 2. The zero-order chi connectivity index (χ0) is 18.3. The topological polar surface area (TPSA) is 34.1 Å². The van der Waals surface area contributed by atoms with E-state index in [1.807, 2.05) is 31.2 Å². The zero-order valence-electron chi connectivity index (χ0n) is 15.7. The Labute approximate surface area is 155 Å². The molecule has 0 saturated heterocycles. The lowest BCUT2D eigenvalue weighted by atomic mass is 9.75. The second-order valence-electron chi connectivity index (χ2n) is 8.02. The summed E-state index contributed by atoms with van der Waals surface area (Å²) in [5.41, 5.74) is 4.51. The number of rotatable bonds is 3. The molecule has 2 nitrogen and oxygen atoms in total. The van der Waals surface area contributed by atoms with E-state index in [4.69, 9.17) is 0 Å². The lowest BCUT2D eigenvalue weighted by molar-refractivity contribution is 0.0979. The van der Waals surface area contributed by atoms with Gasteiger partial charge in [0.25, 0.3) is 0 Å². The van der Waals surface area contributed by atoms with Crippen LogP contribution in [0.15, 0.2) is 36.4 Å². The molecule has 1 saturated carbocycles. The maximum absolute atomic E-state index is 13.0. The molecule has 2 aliphatic carbocycles. The third kappa shape index (κ3) is 2.92. The Morgan fingerprint density at radius 1 is 0.808 bits per heavy atom. The standard InChI is InChI=1S/C24H26O2/c1-3-4-16-6-8-17(9-7-16)18-10-12-20-22(14-18)24(26)19-11-5-15(2)13-21(19)23(20)25/h5,10-14,16-17H,3-4,6-9H2,1-2H3/t16-,17-. The summed E-state index contributed by atoms with van der Waals surface area (Å²) in [7, 11) is 0. The van der Waals surface area contributed by atoms with Crippen LogP contribution in [-0.2, 0) is 0 Å². The molecule has 134 valence electrons. The highest BCUT2D eigenvalue weighted by Gasteiger charge is 2.31. The SMILES string of the molecule is CCC[C@H]1CC[C@H](c2ccc3c(c2)C(=O)c2ccc(C)cc2C3=O)CC1. The lowest BCUT2D eigenvalue weighted by Gasteiger charge is -2.29. The van der Waals surface area contributed by atoms with Crippen LogP contribution in [0.1, 0.15) is 94.3 Å². The Balaban J connectivity index is 1.64. The van der Waals surface area contributed by atoms with Crippen molar-refractivity contribution in [3.05, 3.63) is 69.8 Å². The van der Waals surface area contributed by atoms with Gasteiger partial charge in [-0.1, -0.05) is 49.6 Å². The number of benzene rings is 2. The molecule has 0 bridgehead atoms. The summed E-state index contributed by atoms with van der Waals surface area (Å²) < 4.78 is 0. The molecule has 0 aromatic heterocycles. The number of aryl methyl sites for hydroxylation is 1. The third-order valence-corrected chi connectivity index (χ3v) is 6.21. The van der Waals surface area contributed by atoms with Crippen molar-refractivity contribution in [2.75, 3.05) is 0 Å². The van der Waals surface area contributed by atoms with E-state index in [2.05, 4.69) is 13.0 Å². The molecule has 0 radical (unpaired) electrons. The van der Waals surface area contributed by atoms with Crippen LogP contribution in [0.2, 0.25) is 0 Å². The van der Waals surface area contributed by atoms with Crippen molar-refractivity contribution in [3.8, 4) is 0 Å². The lowest BCUT2D eigenvalue weighted by Crippen LogP contribution is -2.22. The highest BCUT2D eigenvalue weighted by Crippen LogP contribution is 2.39. The molecule has 26 heavy (non-hydrogen) atoms. The van der Waals surface area contributed by atoms with E-state index in [0.717, 1.165) is 11.5 Å². The normalized spacial score (nSPS) is 22.1. The zero-order valence-corrected chi connectivity index (χ0v) is 15.7. The average molecular weight is 346 g/mol. The minimum Gasteiger partial charge on any atom is -0.289 e. The van der Waals surface area contributed by atoms with Crippen LogP contribution in [0.5, 0.6) is 0 Å². The molecule has 0 spiro atoms.